The third-order valence-electron chi connectivity index (χ3n) is 4.38. The van der Waals surface area contributed by atoms with Crippen molar-refractivity contribution in [2.75, 3.05) is 19.1 Å². The molecule has 0 saturated carbocycles. The summed E-state index contributed by atoms with van der Waals surface area (Å²) in [7, 11) is 0. The van der Waals surface area contributed by atoms with Gasteiger partial charge in [0.15, 0.2) is 18.5 Å². The third-order valence-corrected chi connectivity index (χ3v) is 4.65. The Kier molecular flexibility index (Phi) is 12.4. The van der Waals surface area contributed by atoms with Crippen molar-refractivity contribution >= 4 is 35.4 Å². The predicted octanol–water partition coefficient (Wildman–Crippen LogP) is 1.46. The van der Waals surface area contributed by atoms with Crippen LogP contribution in [0.25, 0.3) is 0 Å². The van der Waals surface area contributed by atoms with Crippen LogP contribution in [0.3, 0.4) is 0 Å². The van der Waals surface area contributed by atoms with Crippen LogP contribution in [-0.2, 0) is 42.9 Å². The monoisotopic (exact) mass is 465 g/mol. The molecule has 1 heterocycles. The topological polar surface area (TPSA) is 126 Å². The second-order valence-electron chi connectivity index (χ2n) is 7.19. The first-order chi connectivity index (χ1) is 14.6. The lowest BCUT2D eigenvalue weighted by Crippen LogP contribution is -2.66. The molecule has 1 N–H and O–H groups in total. The van der Waals surface area contributed by atoms with Crippen LogP contribution in [0.15, 0.2) is 0 Å². The van der Waals surface area contributed by atoms with Crippen LogP contribution in [0, 0.1) is 0 Å². The molecule has 11 heteroatoms. The van der Waals surface area contributed by atoms with Crippen molar-refractivity contribution in [3.63, 3.8) is 0 Å². The number of carbonyl (C=O) groups excluding carboxylic acids is 4. The number of unbranched alkanes of at least 4 members (excludes halogenated alkanes) is 3. The molecule has 1 fully saturated rings. The Bertz CT molecular complexity index is 615. The van der Waals surface area contributed by atoms with Crippen LogP contribution in [0.2, 0.25) is 0 Å². The molecule has 1 aliphatic rings. The molecule has 0 aliphatic carbocycles. The predicted molar refractivity (Wildman–Crippen MR) is 109 cm³/mol. The van der Waals surface area contributed by atoms with Gasteiger partial charge in [0, 0.05) is 40.2 Å². The van der Waals surface area contributed by atoms with Crippen LogP contribution in [-0.4, -0.2) is 73.6 Å². The van der Waals surface area contributed by atoms with Gasteiger partial charge < -0.3 is 29.0 Å². The Balaban J connectivity index is 3.07. The highest BCUT2D eigenvalue weighted by Crippen LogP contribution is 2.28. The summed E-state index contributed by atoms with van der Waals surface area (Å²) in [5.74, 6) is -1.68. The zero-order chi connectivity index (χ0) is 23.4. The van der Waals surface area contributed by atoms with Gasteiger partial charge in [-0.2, -0.15) is 0 Å². The van der Waals surface area contributed by atoms with Gasteiger partial charge in [0.2, 0.25) is 5.91 Å². The summed E-state index contributed by atoms with van der Waals surface area (Å²) < 4.78 is 27.5. The van der Waals surface area contributed by atoms with Gasteiger partial charge >= 0.3 is 17.9 Å². The summed E-state index contributed by atoms with van der Waals surface area (Å²) in [4.78, 5) is 46.5. The number of amides is 1. The summed E-state index contributed by atoms with van der Waals surface area (Å²) in [5, 5.41) is 2.65. The quantitative estimate of drug-likeness (QED) is 0.197. The Morgan fingerprint density at radius 2 is 1.48 bits per heavy atom. The van der Waals surface area contributed by atoms with E-state index in [1.165, 1.54) is 27.7 Å². The van der Waals surface area contributed by atoms with E-state index in [0.717, 1.165) is 25.7 Å². The molecular formula is C20H32ClNO9. The first kappa shape index (κ1) is 27.1. The lowest BCUT2D eigenvalue weighted by atomic mass is 9.96. The number of esters is 3. The minimum Gasteiger partial charge on any atom is -0.463 e. The molecule has 0 spiro atoms. The molecule has 1 saturated heterocycles. The SMILES string of the molecule is CC(=O)N[C@@H]1[C@H](OCCCCCCCl)O[C@H](COC(C)=O)[C@H](OC(C)=O)[C@@H]1OC(C)=O. The lowest BCUT2D eigenvalue weighted by Gasteiger charge is -2.44. The smallest absolute Gasteiger partial charge is 0.303 e. The third kappa shape index (κ3) is 10.3. The molecule has 178 valence electrons. The van der Waals surface area contributed by atoms with E-state index in [1.54, 1.807) is 0 Å². The number of nitrogens with one attached hydrogen (secondary N) is 1. The molecule has 0 aromatic carbocycles. The second-order valence-corrected chi connectivity index (χ2v) is 7.57. The molecule has 10 nitrogen and oxygen atoms in total. The maximum atomic E-state index is 11.8. The Hall–Kier alpha value is -1.91. The maximum absolute atomic E-state index is 11.8. The number of alkyl halides is 1. The standard InChI is InChI=1S/C20H32ClNO9/c1-12(23)22-17-19(30-15(4)26)18(29-14(3)25)16(11-28-13(2)24)31-20(17)27-10-8-6-5-7-9-21/h16-20H,5-11H2,1-4H3,(H,22,23)/t16-,17+,18+,19-,20-/m1/s1. The Labute approximate surface area is 187 Å². The summed E-state index contributed by atoms with van der Waals surface area (Å²) in [6.45, 7) is 4.95. The average molecular weight is 466 g/mol. The van der Waals surface area contributed by atoms with E-state index < -0.39 is 54.5 Å². The summed E-state index contributed by atoms with van der Waals surface area (Å²) in [5.41, 5.74) is 0. The molecule has 31 heavy (non-hydrogen) atoms. The van der Waals surface area contributed by atoms with Crippen LogP contribution >= 0.6 is 11.6 Å². The highest BCUT2D eigenvalue weighted by molar-refractivity contribution is 6.17. The van der Waals surface area contributed by atoms with Gasteiger partial charge in [-0.15, -0.1) is 11.6 Å². The van der Waals surface area contributed by atoms with Gasteiger partial charge in [0.05, 0.1) is 0 Å². The van der Waals surface area contributed by atoms with E-state index in [-0.39, 0.29) is 6.61 Å². The number of hydrogen-bond acceptors (Lipinski definition) is 9. The molecular weight excluding hydrogens is 434 g/mol. The van der Waals surface area contributed by atoms with E-state index in [1.807, 2.05) is 0 Å². The molecule has 1 aliphatic heterocycles. The van der Waals surface area contributed by atoms with Crippen LogP contribution in [0.4, 0.5) is 0 Å². The summed E-state index contributed by atoms with van der Waals surface area (Å²) in [6.07, 6.45) is -0.750. The fraction of sp³-hybridized carbons (Fsp3) is 0.800. The molecule has 0 bridgehead atoms. The van der Waals surface area contributed by atoms with E-state index >= 15 is 0 Å². The number of rotatable bonds is 12. The Morgan fingerprint density at radius 3 is 2.03 bits per heavy atom. The molecule has 1 rings (SSSR count). The molecule has 1 amide bonds. The van der Waals surface area contributed by atoms with Gasteiger partial charge in [-0.3, -0.25) is 19.2 Å². The van der Waals surface area contributed by atoms with Crippen molar-refractivity contribution in [1.82, 2.24) is 5.32 Å². The van der Waals surface area contributed by atoms with E-state index in [2.05, 4.69) is 5.32 Å². The molecule has 5 atom stereocenters. The first-order valence-electron chi connectivity index (χ1n) is 10.2. The summed E-state index contributed by atoms with van der Waals surface area (Å²) >= 11 is 5.67. The van der Waals surface area contributed by atoms with Crippen molar-refractivity contribution in [3.8, 4) is 0 Å². The molecule has 0 aromatic rings. The van der Waals surface area contributed by atoms with Crippen molar-refractivity contribution in [2.45, 2.75) is 84.0 Å². The second kappa shape index (κ2) is 14.2. The molecule has 0 radical (unpaired) electrons. The van der Waals surface area contributed by atoms with Crippen LogP contribution in [0.5, 0.6) is 0 Å². The van der Waals surface area contributed by atoms with Gasteiger partial charge in [-0.1, -0.05) is 12.8 Å². The van der Waals surface area contributed by atoms with Crippen molar-refractivity contribution < 1.29 is 42.9 Å². The fourth-order valence-electron chi connectivity index (χ4n) is 3.18. The maximum Gasteiger partial charge on any atom is 0.303 e. The van der Waals surface area contributed by atoms with Crippen LogP contribution in [0.1, 0.15) is 53.4 Å². The Morgan fingerprint density at radius 1 is 0.871 bits per heavy atom. The van der Waals surface area contributed by atoms with E-state index in [9.17, 15) is 19.2 Å². The highest BCUT2D eigenvalue weighted by atomic mass is 35.5. The minimum atomic E-state index is -1.12. The highest BCUT2D eigenvalue weighted by Gasteiger charge is 2.51. The largest absolute Gasteiger partial charge is 0.463 e. The average Bonchev–Trinajstić information content (AvgIpc) is 2.66. The molecule has 0 unspecified atom stereocenters. The summed E-state index contributed by atoms with van der Waals surface area (Å²) in [6, 6.07) is -0.942. The van der Waals surface area contributed by atoms with Gasteiger partial charge in [-0.25, -0.2) is 0 Å². The lowest BCUT2D eigenvalue weighted by molar-refractivity contribution is -0.277. The van der Waals surface area contributed by atoms with Crippen molar-refractivity contribution in [2.24, 2.45) is 0 Å². The fourth-order valence-corrected chi connectivity index (χ4v) is 3.37. The van der Waals surface area contributed by atoms with Gasteiger partial charge in [0.25, 0.3) is 0 Å². The van der Waals surface area contributed by atoms with E-state index in [4.69, 9.17) is 35.3 Å². The zero-order valence-corrected chi connectivity index (χ0v) is 19.1. The van der Waals surface area contributed by atoms with Crippen molar-refractivity contribution in [1.29, 1.82) is 0 Å². The van der Waals surface area contributed by atoms with Gasteiger partial charge in [-0.05, 0) is 12.8 Å². The number of ether oxygens (including phenoxy) is 5. The number of hydrogen-bond donors (Lipinski definition) is 1. The molecule has 0 aromatic heterocycles. The first-order valence-corrected chi connectivity index (χ1v) is 10.8. The van der Waals surface area contributed by atoms with Crippen LogP contribution < -0.4 is 5.32 Å². The van der Waals surface area contributed by atoms with E-state index in [0.29, 0.717) is 12.5 Å². The normalized spacial score (nSPS) is 25.4. The number of carbonyl (C=O) groups is 4. The van der Waals surface area contributed by atoms with Gasteiger partial charge in [0.1, 0.15) is 18.8 Å². The number of halogens is 1. The van der Waals surface area contributed by atoms with Crippen molar-refractivity contribution in [3.05, 3.63) is 0 Å². The zero-order valence-electron chi connectivity index (χ0n) is 18.4. The minimum absolute atomic E-state index is 0.257.